The normalized spacial score (nSPS) is 17.3. The Morgan fingerprint density at radius 3 is 2.58 bits per heavy atom. The highest BCUT2D eigenvalue weighted by Gasteiger charge is 2.22. The van der Waals surface area contributed by atoms with Crippen LogP contribution in [0.1, 0.15) is 29.6 Å². The van der Waals surface area contributed by atoms with E-state index in [0.717, 1.165) is 50.3 Å². The maximum absolute atomic E-state index is 14.4. The van der Waals surface area contributed by atoms with Crippen LogP contribution in [0.15, 0.2) is 30.3 Å². The number of halogens is 3. The van der Waals surface area contributed by atoms with E-state index in [1.807, 2.05) is 16.4 Å². The predicted molar refractivity (Wildman–Crippen MR) is 127 cm³/mol. The van der Waals surface area contributed by atoms with Crippen LogP contribution in [0.5, 0.6) is 0 Å². The SMILES string of the molecule is COC1CCN(c2cc(Cl)cc(NC(=O)c3cc(N4CCCS4)cc(F)c3Cl)c2)CC1. The molecule has 2 saturated heterocycles. The van der Waals surface area contributed by atoms with Gasteiger partial charge < -0.3 is 19.3 Å². The fraction of sp³-hybridized carbons (Fsp3) is 0.409. The van der Waals surface area contributed by atoms with Gasteiger partial charge in [-0.25, -0.2) is 4.39 Å². The van der Waals surface area contributed by atoms with E-state index in [1.165, 1.54) is 6.07 Å². The van der Waals surface area contributed by atoms with Crippen LogP contribution in [0.3, 0.4) is 0 Å². The molecule has 2 fully saturated rings. The second kappa shape index (κ2) is 9.86. The minimum Gasteiger partial charge on any atom is -0.381 e. The number of amides is 1. The molecule has 2 aliphatic heterocycles. The number of carbonyl (C=O) groups is 1. The fourth-order valence-electron chi connectivity index (χ4n) is 3.91. The van der Waals surface area contributed by atoms with E-state index < -0.39 is 11.7 Å². The summed E-state index contributed by atoms with van der Waals surface area (Å²) in [4.78, 5) is 15.2. The Labute approximate surface area is 196 Å². The molecule has 0 unspecified atom stereocenters. The van der Waals surface area contributed by atoms with E-state index in [4.69, 9.17) is 27.9 Å². The smallest absolute Gasteiger partial charge is 0.257 e. The van der Waals surface area contributed by atoms with Crippen LogP contribution in [0.25, 0.3) is 0 Å². The summed E-state index contributed by atoms with van der Waals surface area (Å²) in [5.41, 5.74) is 2.21. The minimum absolute atomic E-state index is 0.103. The molecule has 0 spiro atoms. The molecule has 0 aromatic heterocycles. The number of benzene rings is 2. The molecule has 0 atom stereocenters. The Balaban J connectivity index is 1.54. The van der Waals surface area contributed by atoms with Crippen LogP contribution >= 0.6 is 35.1 Å². The van der Waals surface area contributed by atoms with E-state index in [1.54, 1.807) is 31.2 Å². The molecule has 4 rings (SSSR count). The van der Waals surface area contributed by atoms with Crippen molar-refractivity contribution in [2.45, 2.75) is 25.4 Å². The number of piperidine rings is 1. The number of ether oxygens (including phenoxy) is 1. The highest BCUT2D eigenvalue weighted by molar-refractivity contribution is 8.00. The number of hydrogen-bond acceptors (Lipinski definition) is 5. The van der Waals surface area contributed by atoms with Gasteiger partial charge in [-0.05, 0) is 61.5 Å². The predicted octanol–water partition coefficient (Wildman–Crippen LogP) is 5.86. The zero-order valence-corrected chi connectivity index (χ0v) is 19.5. The molecule has 2 aromatic rings. The Kier molecular flexibility index (Phi) is 7.16. The summed E-state index contributed by atoms with van der Waals surface area (Å²) in [6.07, 6.45) is 3.15. The molecule has 5 nitrogen and oxygen atoms in total. The van der Waals surface area contributed by atoms with Crippen molar-refractivity contribution < 1.29 is 13.9 Å². The maximum atomic E-state index is 14.4. The van der Waals surface area contributed by atoms with Gasteiger partial charge in [0.05, 0.1) is 22.4 Å². The summed E-state index contributed by atoms with van der Waals surface area (Å²) in [6, 6.07) is 8.44. The van der Waals surface area contributed by atoms with Crippen molar-refractivity contribution in [3.05, 3.63) is 51.8 Å². The van der Waals surface area contributed by atoms with Crippen molar-refractivity contribution in [3.8, 4) is 0 Å². The van der Waals surface area contributed by atoms with Crippen molar-refractivity contribution in [1.29, 1.82) is 0 Å². The molecular weight excluding hydrogens is 460 g/mol. The van der Waals surface area contributed by atoms with Crippen LogP contribution in [-0.4, -0.2) is 44.5 Å². The Hall–Kier alpha value is -1.67. The molecule has 0 radical (unpaired) electrons. The number of nitrogens with one attached hydrogen (secondary N) is 1. The van der Waals surface area contributed by atoms with Crippen molar-refractivity contribution in [2.75, 3.05) is 47.0 Å². The van der Waals surface area contributed by atoms with Crippen molar-refractivity contribution in [1.82, 2.24) is 0 Å². The van der Waals surface area contributed by atoms with Gasteiger partial charge in [0.1, 0.15) is 5.82 Å². The number of carbonyl (C=O) groups excluding carboxylic acids is 1. The maximum Gasteiger partial charge on any atom is 0.257 e. The van der Waals surface area contributed by atoms with Gasteiger partial charge in [0.15, 0.2) is 0 Å². The van der Waals surface area contributed by atoms with E-state index in [-0.39, 0.29) is 16.7 Å². The lowest BCUT2D eigenvalue weighted by Gasteiger charge is -2.33. The molecule has 31 heavy (non-hydrogen) atoms. The Bertz CT molecular complexity index is 964. The van der Waals surface area contributed by atoms with Crippen LogP contribution in [0.2, 0.25) is 10.0 Å². The standard InChI is InChI=1S/C22H24Cl2FN3O2S/c1-30-18-3-6-27(7-4-18)16-10-14(23)9-15(11-16)26-22(29)19-12-17(13-20(25)21(19)24)28-5-2-8-31-28/h9-13,18H,2-8H2,1H3,(H,26,29). The van der Waals surface area contributed by atoms with Gasteiger partial charge in [0.25, 0.3) is 5.91 Å². The largest absolute Gasteiger partial charge is 0.381 e. The fourth-order valence-corrected chi connectivity index (χ4v) is 5.33. The monoisotopic (exact) mass is 483 g/mol. The number of anilines is 3. The third-order valence-electron chi connectivity index (χ3n) is 5.58. The molecule has 1 N–H and O–H groups in total. The van der Waals surface area contributed by atoms with Gasteiger partial charge >= 0.3 is 0 Å². The van der Waals surface area contributed by atoms with Crippen LogP contribution in [0, 0.1) is 5.82 Å². The average Bonchev–Trinajstić information content (AvgIpc) is 3.30. The molecule has 2 heterocycles. The first-order valence-corrected chi connectivity index (χ1v) is 11.9. The lowest BCUT2D eigenvalue weighted by molar-refractivity contribution is 0.0819. The molecule has 0 saturated carbocycles. The zero-order valence-electron chi connectivity index (χ0n) is 17.2. The summed E-state index contributed by atoms with van der Waals surface area (Å²) in [7, 11) is 1.73. The summed E-state index contributed by atoms with van der Waals surface area (Å²) in [5.74, 6) is -0.107. The minimum atomic E-state index is -0.607. The van der Waals surface area contributed by atoms with Gasteiger partial charge in [-0.15, -0.1) is 0 Å². The average molecular weight is 484 g/mol. The number of hydrogen-bond donors (Lipinski definition) is 1. The molecule has 1 amide bonds. The third kappa shape index (κ3) is 5.22. The van der Waals surface area contributed by atoms with Crippen LogP contribution < -0.4 is 14.5 Å². The van der Waals surface area contributed by atoms with E-state index in [0.29, 0.717) is 16.4 Å². The molecule has 9 heteroatoms. The van der Waals surface area contributed by atoms with Crippen LogP contribution in [-0.2, 0) is 4.74 Å². The van der Waals surface area contributed by atoms with Gasteiger partial charge in [-0.2, -0.15) is 0 Å². The zero-order chi connectivity index (χ0) is 22.0. The first-order valence-electron chi connectivity index (χ1n) is 10.2. The van der Waals surface area contributed by atoms with Crippen molar-refractivity contribution in [2.24, 2.45) is 0 Å². The number of methoxy groups -OCH3 is 1. The molecule has 0 aliphatic carbocycles. The molecule has 2 aliphatic rings. The second-order valence-corrected chi connectivity index (χ2v) is 9.57. The van der Waals surface area contributed by atoms with E-state index in [2.05, 4.69) is 10.2 Å². The second-order valence-electron chi connectivity index (χ2n) is 7.65. The quantitative estimate of drug-likeness (QED) is 0.539. The number of rotatable bonds is 5. The third-order valence-corrected chi connectivity index (χ3v) is 7.36. The molecule has 166 valence electrons. The van der Waals surface area contributed by atoms with Gasteiger partial charge in [0, 0.05) is 48.9 Å². The Morgan fingerprint density at radius 1 is 1.13 bits per heavy atom. The first-order chi connectivity index (χ1) is 14.9. The van der Waals surface area contributed by atoms with Gasteiger partial charge in [0.2, 0.25) is 0 Å². The lowest BCUT2D eigenvalue weighted by Crippen LogP contribution is -2.36. The molecule has 2 aromatic carbocycles. The van der Waals surface area contributed by atoms with Crippen molar-refractivity contribution >= 4 is 58.1 Å². The molecular formula is C22H24Cl2FN3O2S. The first kappa shape index (κ1) is 22.5. The summed E-state index contributed by atoms with van der Waals surface area (Å²) < 4.78 is 21.9. The van der Waals surface area contributed by atoms with E-state index in [9.17, 15) is 9.18 Å². The van der Waals surface area contributed by atoms with E-state index >= 15 is 0 Å². The van der Waals surface area contributed by atoms with Crippen LogP contribution in [0.4, 0.5) is 21.5 Å². The highest BCUT2D eigenvalue weighted by Crippen LogP contribution is 2.34. The lowest BCUT2D eigenvalue weighted by atomic mass is 10.1. The summed E-state index contributed by atoms with van der Waals surface area (Å²) >= 11 is 14.1. The van der Waals surface area contributed by atoms with Gasteiger partial charge in [-0.1, -0.05) is 23.2 Å². The summed E-state index contributed by atoms with van der Waals surface area (Å²) in [5, 5.41) is 3.16. The highest BCUT2D eigenvalue weighted by atomic mass is 35.5. The van der Waals surface area contributed by atoms with Crippen molar-refractivity contribution in [3.63, 3.8) is 0 Å². The summed E-state index contributed by atoms with van der Waals surface area (Å²) in [6.45, 7) is 2.50. The van der Waals surface area contributed by atoms with Gasteiger partial charge in [-0.3, -0.25) is 4.79 Å². The molecule has 0 bridgehead atoms. The number of nitrogens with zero attached hydrogens (tertiary/aromatic N) is 2. The Morgan fingerprint density at radius 2 is 1.90 bits per heavy atom. The topological polar surface area (TPSA) is 44.8 Å².